The van der Waals surface area contributed by atoms with E-state index in [2.05, 4.69) is 5.16 Å². The number of carbonyl (C=O) groups is 2. The van der Waals surface area contributed by atoms with E-state index in [0.29, 0.717) is 11.1 Å². The van der Waals surface area contributed by atoms with Crippen LogP contribution in [0.1, 0.15) is 24.2 Å². The van der Waals surface area contributed by atoms with Crippen LogP contribution in [0.3, 0.4) is 0 Å². The van der Waals surface area contributed by atoms with Gasteiger partial charge < -0.3 is 4.84 Å². The second-order valence-corrected chi connectivity index (χ2v) is 5.14. The van der Waals surface area contributed by atoms with E-state index in [1.54, 1.807) is 13.8 Å². The molecule has 1 aliphatic carbocycles. The lowest BCUT2D eigenvalue weighted by Gasteiger charge is -2.12. The number of rotatable bonds is 3. The Balaban J connectivity index is 2.18. The molecule has 2 rings (SSSR count). The zero-order chi connectivity index (χ0) is 17.1. The number of Topliss-reactive ketones (excluding diaryl/α,β-unsaturated/α-hetero) is 1. The average molecular weight is 335 g/mol. The molecule has 0 N–H and O–H groups in total. The summed E-state index contributed by atoms with van der Waals surface area (Å²) in [5.74, 6) is -1.08. The number of carbonyl (C=O) groups excluding carboxylic acids is 2. The number of nitro benzene ring substituents is 1. The lowest BCUT2D eigenvalue weighted by Crippen LogP contribution is -2.15. The number of hydrogen-bond donors (Lipinski definition) is 0. The Morgan fingerprint density at radius 1 is 1.22 bits per heavy atom. The molecule has 0 saturated carbocycles. The Morgan fingerprint density at radius 2 is 1.83 bits per heavy atom. The maximum atomic E-state index is 11.9. The van der Waals surface area contributed by atoms with E-state index in [1.165, 1.54) is 30.3 Å². The lowest BCUT2D eigenvalue weighted by atomic mass is 9.97. The minimum atomic E-state index is -0.778. The number of nitro groups is 1. The first-order chi connectivity index (χ1) is 10.8. The van der Waals surface area contributed by atoms with Crippen molar-refractivity contribution in [2.45, 2.75) is 13.8 Å². The van der Waals surface area contributed by atoms with Gasteiger partial charge >= 0.3 is 5.97 Å². The summed E-state index contributed by atoms with van der Waals surface area (Å²) in [5, 5.41) is 14.2. The van der Waals surface area contributed by atoms with E-state index < -0.39 is 10.9 Å². The summed E-state index contributed by atoms with van der Waals surface area (Å²) in [6, 6.07) is 4.91. The van der Waals surface area contributed by atoms with Crippen molar-refractivity contribution in [1.82, 2.24) is 0 Å². The van der Waals surface area contributed by atoms with Crippen LogP contribution in [0.15, 0.2) is 51.7 Å². The van der Waals surface area contributed by atoms with E-state index in [0.717, 1.165) is 0 Å². The third kappa shape index (κ3) is 3.51. The molecule has 8 heteroatoms. The van der Waals surface area contributed by atoms with E-state index in [-0.39, 0.29) is 27.8 Å². The maximum Gasteiger partial charge on any atom is 0.365 e. The first-order valence-electron chi connectivity index (χ1n) is 6.45. The fraction of sp³-hybridized carbons (Fsp3) is 0.133. The van der Waals surface area contributed by atoms with Gasteiger partial charge in [0.15, 0.2) is 5.78 Å². The van der Waals surface area contributed by atoms with Gasteiger partial charge in [0.1, 0.15) is 5.71 Å². The third-order valence-electron chi connectivity index (χ3n) is 3.31. The highest BCUT2D eigenvalue weighted by molar-refractivity contribution is 6.48. The van der Waals surface area contributed by atoms with Gasteiger partial charge in [0.05, 0.1) is 15.5 Å². The van der Waals surface area contributed by atoms with Gasteiger partial charge in [-0.3, -0.25) is 14.9 Å². The largest absolute Gasteiger partial charge is 0.365 e. The van der Waals surface area contributed by atoms with Crippen LogP contribution in [0.25, 0.3) is 0 Å². The van der Waals surface area contributed by atoms with E-state index in [1.807, 2.05) is 0 Å². The highest BCUT2D eigenvalue weighted by atomic mass is 35.5. The van der Waals surface area contributed by atoms with Crippen LogP contribution in [0, 0.1) is 10.1 Å². The number of nitrogens with zero attached hydrogens (tertiary/aromatic N) is 2. The molecule has 0 aromatic heterocycles. The predicted octanol–water partition coefficient (Wildman–Crippen LogP) is 3.15. The number of oxime groups is 1. The molecule has 0 atom stereocenters. The third-order valence-corrected chi connectivity index (χ3v) is 3.59. The molecular weight excluding hydrogens is 324 g/mol. The van der Waals surface area contributed by atoms with Crippen LogP contribution in [0.4, 0.5) is 5.69 Å². The van der Waals surface area contributed by atoms with Crippen molar-refractivity contribution in [2.24, 2.45) is 5.16 Å². The SMILES string of the molecule is CC1=C(C)C(=NOC(=O)c2ccc([N+](=O)[O-])cc2)C=C(Cl)C1=O. The normalized spacial score (nSPS) is 16.4. The van der Waals surface area contributed by atoms with E-state index >= 15 is 0 Å². The van der Waals surface area contributed by atoms with Crippen LogP contribution < -0.4 is 0 Å². The summed E-state index contributed by atoms with van der Waals surface area (Å²) >= 11 is 5.79. The number of benzene rings is 1. The Labute approximate surface area is 136 Å². The zero-order valence-electron chi connectivity index (χ0n) is 12.2. The molecule has 23 heavy (non-hydrogen) atoms. The molecule has 1 aromatic carbocycles. The van der Waals surface area contributed by atoms with Gasteiger partial charge in [-0.1, -0.05) is 16.8 Å². The molecule has 0 amide bonds. The number of halogens is 1. The fourth-order valence-corrected chi connectivity index (χ4v) is 2.04. The van der Waals surface area contributed by atoms with Gasteiger partial charge in [-0.05, 0) is 37.6 Å². The Kier molecular flexibility index (Phi) is 4.71. The molecule has 0 fully saturated rings. The number of hydrogen-bond acceptors (Lipinski definition) is 6. The lowest BCUT2D eigenvalue weighted by molar-refractivity contribution is -0.384. The van der Waals surface area contributed by atoms with E-state index in [9.17, 15) is 19.7 Å². The molecule has 118 valence electrons. The first kappa shape index (κ1) is 16.6. The number of ketones is 1. The second kappa shape index (κ2) is 6.53. The molecule has 0 radical (unpaired) electrons. The quantitative estimate of drug-likeness (QED) is 0.366. The molecule has 0 saturated heterocycles. The number of allylic oxidation sites excluding steroid dienone is 4. The molecule has 1 aromatic rings. The van der Waals surface area contributed by atoms with Crippen LogP contribution >= 0.6 is 11.6 Å². The van der Waals surface area contributed by atoms with Crippen molar-refractivity contribution in [3.63, 3.8) is 0 Å². The summed E-state index contributed by atoms with van der Waals surface area (Å²) < 4.78 is 0. The summed E-state index contributed by atoms with van der Waals surface area (Å²) in [4.78, 5) is 38.3. The molecular formula is C15H11ClN2O5. The van der Waals surface area contributed by atoms with Gasteiger partial charge in [0, 0.05) is 17.7 Å². The minimum absolute atomic E-state index is 0.0155. The molecule has 7 nitrogen and oxygen atoms in total. The van der Waals surface area contributed by atoms with Crippen molar-refractivity contribution >= 4 is 34.8 Å². The molecule has 0 spiro atoms. The van der Waals surface area contributed by atoms with Crippen molar-refractivity contribution in [1.29, 1.82) is 0 Å². The van der Waals surface area contributed by atoms with Crippen molar-refractivity contribution < 1.29 is 19.3 Å². The van der Waals surface area contributed by atoms with Crippen LogP contribution in [0.2, 0.25) is 0 Å². The standard InChI is InChI=1S/C15H11ClN2O5/c1-8-9(2)14(19)12(16)7-13(8)17-23-15(20)10-3-5-11(6-4-10)18(21)22/h3-7H,1-2H3. The van der Waals surface area contributed by atoms with Crippen molar-refractivity contribution in [3.05, 3.63) is 62.2 Å². The Hall–Kier alpha value is -2.80. The smallest absolute Gasteiger partial charge is 0.312 e. The van der Waals surface area contributed by atoms with E-state index in [4.69, 9.17) is 16.4 Å². The molecule has 0 aliphatic heterocycles. The van der Waals surface area contributed by atoms with Gasteiger partial charge in [0.25, 0.3) is 5.69 Å². The van der Waals surface area contributed by atoms with Gasteiger partial charge in [-0.15, -0.1) is 0 Å². The topological polar surface area (TPSA) is 98.9 Å². The summed E-state index contributed by atoms with van der Waals surface area (Å²) in [5.41, 5.74) is 1.21. The Morgan fingerprint density at radius 3 is 2.39 bits per heavy atom. The average Bonchev–Trinajstić information content (AvgIpc) is 2.54. The minimum Gasteiger partial charge on any atom is -0.312 e. The monoisotopic (exact) mass is 334 g/mol. The Bertz CT molecular complexity index is 791. The molecule has 0 heterocycles. The first-order valence-corrected chi connectivity index (χ1v) is 6.82. The molecule has 1 aliphatic rings. The van der Waals surface area contributed by atoms with Crippen molar-refractivity contribution in [3.8, 4) is 0 Å². The maximum absolute atomic E-state index is 11.9. The summed E-state index contributed by atoms with van der Waals surface area (Å²) in [6.07, 6.45) is 1.31. The highest BCUT2D eigenvalue weighted by Gasteiger charge is 2.21. The molecule has 0 unspecified atom stereocenters. The van der Waals surface area contributed by atoms with Crippen LogP contribution in [-0.2, 0) is 9.63 Å². The fourth-order valence-electron chi connectivity index (χ4n) is 1.79. The number of non-ortho nitro benzene ring substituents is 1. The van der Waals surface area contributed by atoms with Gasteiger partial charge in [0.2, 0.25) is 0 Å². The van der Waals surface area contributed by atoms with Crippen molar-refractivity contribution in [2.75, 3.05) is 0 Å². The second-order valence-electron chi connectivity index (χ2n) is 4.73. The van der Waals surface area contributed by atoms with Gasteiger partial charge in [-0.25, -0.2) is 4.79 Å². The van der Waals surface area contributed by atoms with Crippen LogP contribution in [-0.4, -0.2) is 22.4 Å². The van der Waals surface area contributed by atoms with Gasteiger partial charge in [-0.2, -0.15) is 0 Å². The van der Waals surface area contributed by atoms with Crippen LogP contribution in [0.5, 0.6) is 0 Å². The zero-order valence-corrected chi connectivity index (χ0v) is 13.0. The predicted molar refractivity (Wildman–Crippen MR) is 83.3 cm³/mol. The highest BCUT2D eigenvalue weighted by Crippen LogP contribution is 2.22. The molecule has 0 bridgehead atoms. The summed E-state index contributed by atoms with van der Waals surface area (Å²) in [7, 11) is 0. The summed E-state index contributed by atoms with van der Waals surface area (Å²) in [6.45, 7) is 3.26.